The number of rotatable bonds is 3. The number of nitrogens with two attached hydrogens (primary N) is 1. The van der Waals surface area contributed by atoms with Crippen LogP contribution in [-0.4, -0.2) is 27.2 Å². The lowest BCUT2D eigenvalue weighted by Gasteiger charge is -2.11. The van der Waals surface area contributed by atoms with Gasteiger partial charge >= 0.3 is 5.97 Å². The monoisotopic (exact) mass is 169 g/mol. The number of hydrogen-bond acceptors (Lipinski definition) is 3. The van der Waals surface area contributed by atoms with E-state index in [4.69, 9.17) is 10.8 Å². The van der Waals surface area contributed by atoms with Crippen molar-refractivity contribution < 1.29 is 9.90 Å². The smallest absolute Gasteiger partial charge is 0.354 e. The zero-order valence-electron chi connectivity index (χ0n) is 6.77. The summed E-state index contributed by atoms with van der Waals surface area (Å²) in [6, 6.07) is -0.0291. The third kappa shape index (κ3) is 1.45. The molecule has 12 heavy (non-hydrogen) atoms. The Morgan fingerprint density at radius 3 is 3.08 bits per heavy atom. The standard InChI is InChI=1S/C7H11N3O2/c1-5(2-8)10-4-9-3-6(10)7(11)12/h3-5H,2,8H2,1H3,(H,11,12)/t5-/m0/s1. The number of nitrogens with zero attached hydrogens (tertiary/aromatic N) is 2. The number of hydrogen-bond donors (Lipinski definition) is 2. The van der Waals surface area contributed by atoms with Gasteiger partial charge in [-0.1, -0.05) is 0 Å². The molecule has 1 rings (SSSR count). The van der Waals surface area contributed by atoms with Crippen LogP contribution in [0.5, 0.6) is 0 Å². The van der Waals surface area contributed by atoms with Crippen LogP contribution < -0.4 is 5.73 Å². The maximum absolute atomic E-state index is 10.6. The lowest BCUT2D eigenvalue weighted by atomic mass is 10.3. The minimum absolute atomic E-state index is 0.0291. The van der Waals surface area contributed by atoms with Crippen LogP contribution >= 0.6 is 0 Å². The van der Waals surface area contributed by atoms with Gasteiger partial charge in [0, 0.05) is 12.6 Å². The van der Waals surface area contributed by atoms with Gasteiger partial charge in [-0.2, -0.15) is 0 Å². The summed E-state index contributed by atoms with van der Waals surface area (Å²) in [4.78, 5) is 14.3. The van der Waals surface area contributed by atoms with Crippen molar-refractivity contribution in [3.8, 4) is 0 Å². The molecule has 66 valence electrons. The lowest BCUT2D eigenvalue weighted by molar-refractivity contribution is 0.0683. The molecule has 0 saturated heterocycles. The second kappa shape index (κ2) is 3.36. The van der Waals surface area contributed by atoms with Crippen LogP contribution in [0.3, 0.4) is 0 Å². The molecule has 0 fully saturated rings. The average molecular weight is 169 g/mol. The second-order valence-electron chi connectivity index (χ2n) is 2.58. The maximum atomic E-state index is 10.6. The van der Waals surface area contributed by atoms with Crippen molar-refractivity contribution in [2.75, 3.05) is 6.54 Å². The third-order valence-corrected chi connectivity index (χ3v) is 1.70. The molecule has 5 nitrogen and oxygen atoms in total. The van der Waals surface area contributed by atoms with Gasteiger partial charge in [0.25, 0.3) is 0 Å². The van der Waals surface area contributed by atoms with Crippen molar-refractivity contribution in [2.45, 2.75) is 13.0 Å². The highest BCUT2D eigenvalue weighted by Crippen LogP contribution is 2.07. The summed E-state index contributed by atoms with van der Waals surface area (Å²) < 4.78 is 1.54. The van der Waals surface area contributed by atoms with Gasteiger partial charge in [-0.25, -0.2) is 9.78 Å². The molecule has 0 unspecified atom stereocenters. The molecule has 1 heterocycles. The molecule has 0 aliphatic carbocycles. The number of carboxylic acid groups (broad SMARTS) is 1. The SMILES string of the molecule is C[C@@H](CN)n1cncc1C(=O)O. The Hall–Kier alpha value is -1.36. The maximum Gasteiger partial charge on any atom is 0.354 e. The van der Waals surface area contributed by atoms with Gasteiger partial charge in [0.15, 0.2) is 0 Å². The minimum Gasteiger partial charge on any atom is -0.477 e. The zero-order chi connectivity index (χ0) is 9.14. The predicted molar refractivity (Wildman–Crippen MR) is 43.0 cm³/mol. The first-order chi connectivity index (χ1) is 5.66. The Balaban J connectivity index is 2.98. The molecule has 0 spiro atoms. The molecule has 3 N–H and O–H groups in total. The molecule has 5 heteroatoms. The van der Waals surface area contributed by atoms with Crippen molar-refractivity contribution >= 4 is 5.97 Å². The summed E-state index contributed by atoms with van der Waals surface area (Å²) in [5.41, 5.74) is 5.56. The fraction of sp³-hybridized carbons (Fsp3) is 0.429. The molecule has 0 aliphatic heterocycles. The van der Waals surface area contributed by atoms with E-state index in [-0.39, 0.29) is 11.7 Å². The van der Waals surface area contributed by atoms with Crippen molar-refractivity contribution in [2.24, 2.45) is 5.73 Å². The highest BCUT2D eigenvalue weighted by Gasteiger charge is 2.12. The number of aromatic carboxylic acids is 1. The normalized spacial score (nSPS) is 12.8. The van der Waals surface area contributed by atoms with Gasteiger partial charge < -0.3 is 15.4 Å². The molecule has 0 radical (unpaired) electrons. The fourth-order valence-corrected chi connectivity index (χ4v) is 0.935. The molecule has 1 aromatic heterocycles. The summed E-state index contributed by atoms with van der Waals surface area (Å²) in [5, 5.41) is 8.70. The number of aromatic nitrogens is 2. The Bertz CT molecular complexity index is 282. The Morgan fingerprint density at radius 1 is 1.92 bits per heavy atom. The van der Waals surface area contributed by atoms with E-state index in [2.05, 4.69) is 4.98 Å². The summed E-state index contributed by atoms with van der Waals surface area (Å²) in [6.07, 6.45) is 2.79. The molecular weight excluding hydrogens is 158 g/mol. The van der Waals surface area contributed by atoms with Gasteiger partial charge in [-0.05, 0) is 6.92 Å². The van der Waals surface area contributed by atoms with E-state index in [0.717, 1.165) is 0 Å². The van der Waals surface area contributed by atoms with E-state index in [1.807, 2.05) is 6.92 Å². The predicted octanol–water partition coefficient (Wildman–Crippen LogP) is 0.101. The zero-order valence-corrected chi connectivity index (χ0v) is 6.77. The van der Waals surface area contributed by atoms with Gasteiger partial charge in [-0.15, -0.1) is 0 Å². The summed E-state index contributed by atoms with van der Waals surface area (Å²) in [6.45, 7) is 2.24. The molecule has 1 atom stereocenters. The van der Waals surface area contributed by atoms with Crippen LogP contribution in [0.25, 0.3) is 0 Å². The third-order valence-electron chi connectivity index (χ3n) is 1.70. The molecule has 0 saturated carbocycles. The molecule has 0 amide bonds. The molecule has 0 bridgehead atoms. The van der Waals surface area contributed by atoms with E-state index >= 15 is 0 Å². The van der Waals surface area contributed by atoms with Crippen LogP contribution in [0, 0.1) is 0 Å². The Morgan fingerprint density at radius 2 is 2.58 bits per heavy atom. The Kier molecular flexibility index (Phi) is 2.44. The number of carbonyl (C=O) groups is 1. The van der Waals surface area contributed by atoms with E-state index in [1.165, 1.54) is 12.5 Å². The summed E-state index contributed by atoms with van der Waals surface area (Å²) in [7, 11) is 0. The first kappa shape index (κ1) is 8.73. The van der Waals surface area contributed by atoms with Gasteiger partial charge in [0.05, 0.1) is 12.5 Å². The second-order valence-corrected chi connectivity index (χ2v) is 2.58. The van der Waals surface area contributed by atoms with Crippen LogP contribution in [0.15, 0.2) is 12.5 Å². The van der Waals surface area contributed by atoms with E-state index in [0.29, 0.717) is 6.54 Å². The number of imidazole rings is 1. The van der Waals surface area contributed by atoms with Crippen LogP contribution in [-0.2, 0) is 0 Å². The highest BCUT2D eigenvalue weighted by atomic mass is 16.4. The van der Waals surface area contributed by atoms with E-state index in [9.17, 15) is 4.79 Å². The first-order valence-electron chi connectivity index (χ1n) is 3.62. The van der Waals surface area contributed by atoms with Gasteiger partial charge in [0.1, 0.15) is 5.69 Å². The Labute approximate surface area is 69.8 Å². The molecular formula is C7H11N3O2. The summed E-state index contributed by atoms with van der Waals surface area (Å²) in [5.74, 6) is -0.979. The largest absolute Gasteiger partial charge is 0.477 e. The first-order valence-corrected chi connectivity index (χ1v) is 3.62. The van der Waals surface area contributed by atoms with Crippen LogP contribution in [0.1, 0.15) is 23.5 Å². The average Bonchev–Trinajstić information content (AvgIpc) is 2.50. The van der Waals surface area contributed by atoms with E-state index < -0.39 is 5.97 Å². The van der Waals surface area contributed by atoms with Gasteiger partial charge in [0.2, 0.25) is 0 Å². The highest BCUT2D eigenvalue weighted by molar-refractivity contribution is 5.85. The van der Waals surface area contributed by atoms with Crippen molar-refractivity contribution in [1.29, 1.82) is 0 Å². The van der Waals surface area contributed by atoms with Crippen molar-refractivity contribution in [3.63, 3.8) is 0 Å². The summed E-state index contributed by atoms with van der Waals surface area (Å²) >= 11 is 0. The quantitative estimate of drug-likeness (QED) is 0.672. The minimum atomic E-state index is -0.979. The van der Waals surface area contributed by atoms with Gasteiger partial charge in [-0.3, -0.25) is 0 Å². The van der Waals surface area contributed by atoms with Crippen molar-refractivity contribution in [3.05, 3.63) is 18.2 Å². The molecule has 0 aromatic carbocycles. The number of carboxylic acids is 1. The molecule has 1 aromatic rings. The van der Waals surface area contributed by atoms with Crippen molar-refractivity contribution in [1.82, 2.24) is 9.55 Å². The topological polar surface area (TPSA) is 81.1 Å². The lowest BCUT2D eigenvalue weighted by Crippen LogP contribution is -2.19. The van der Waals surface area contributed by atoms with E-state index in [1.54, 1.807) is 4.57 Å². The fourth-order valence-electron chi connectivity index (χ4n) is 0.935. The molecule has 0 aliphatic rings. The van der Waals surface area contributed by atoms with Crippen LogP contribution in [0.2, 0.25) is 0 Å². The van der Waals surface area contributed by atoms with Crippen LogP contribution in [0.4, 0.5) is 0 Å².